The number of halogens is 1. The Kier molecular flexibility index (Phi) is 10.0. The van der Waals surface area contributed by atoms with Gasteiger partial charge in [-0.05, 0) is 30.7 Å². The Labute approximate surface area is 131 Å². The molecule has 7 heteroatoms. The van der Waals surface area contributed by atoms with Crippen LogP contribution in [0.1, 0.15) is 29.3 Å². The number of nitrogens with one attached hydrogen (secondary N) is 3. The van der Waals surface area contributed by atoms with Crippen LogP contribution in [0.15, 0.2) is 24.3 Å². The Morgan fingerprint density at radius 2 is 1.71 bits per heavy atom. The largest absolute Gasteiger partial charge is 0.352 e. The van der Waals surface area contributed by atoms with Crippen LogP contribution in [0.2, 0.25) is 0 Å². The van der Waals surface area contributed by atoms with Crippen molar-refractivity contribution >= 4 is 24.3 Å². The molecule has 1 rings (SSSR count). The molecule has 1 aromatic rings. The third-order valence-corrected chi connectivity index (χ3v) is 2.70. The number of urea groups is 1. The Balaban J connectivity index is 0.00000400. The molecule has 0 atom stereocenters. The first-order valence-electron chi connectivity index (χ1n) is 6.74. The molecule has 0 aromatic heterocycles. The molecule has 118 valence electrons. The molecule has 0 unspecified atom stereocenters. The number of hydrogen-bond donors (Lipinski definition) is 4. The number of carbonyl (C=O) groups excluding carboxylic acids is 2. The fourth-order valence-corrected chi connectivity index (χ4v) is 1.63. The van der Waals surface area contributed by atoms with Crippen molar-refractivity contribution in [2.45, 2.75) is 19.9 Å². The van der Waals surface area contributed by atoms with Crippen LogP contribution in [-0.4, -0.2) is 31.6 Å². The summed E-state index contributed by atoms with van der Waals surface area (Å²) in [5.74, 6) is -0.0993. The average Bonchev–Trinajstić information content (AvgIpc) is 2.45. The van der Waals surface area contributed by atoms with Crippen molar-refractivity contribution in [2.24, 2.45) is 5.73 Å². The van der Waals surface area contributed by atoms with E-state index in [4.69, 9.17) is 5.73 Å². The zero-order valence-corrected chi connectivity index (χ0v) is 13.0. The van der Waals surface area contributed by atoms with Gasteiger partial charge < -0.3 is 21.7 Å². The molecule has 5 N–H and O–H groups in total. The van der Waals surface area contributed by atoms with Gasteiger partial charge in [-0.3, -0.25) is 4.79 Å². The maximum absolute atomic E-state index is 11.8. The summed E-state index contributed by atoms with van der Waals surface area (Å²) in [6.07, 6.45) is 1.08. The number of hydrogen-bond acceptors (Lipinski definition) is 3. The van der Waals surface area contributed by atoms with Crippen LogP contribution in [0.25, 0.3) is 0 Å². The minimum absolute atomic E-state index is 0. The number of carbonyl (C=O) groups is 2. The smallest absolute Gasteiger partial charge is 0.312 e. The summed E-state index contributed by atoms with van der Waals surface area (Å²) in [6.45, 7) is 4.78. The summed E-state index contributed by atoms with van der Waals surface area (Å²) in [5, 5.41) is 8.54. The van der Waals surface area contributed by atoms with Crippen molar-refractivity contribution in [1.29, 1.82) is 0 Å². The molecule has 0 fully saturated rings. The lowest BCUT2D eigenvalue weighted by Crippen LogP contribution is -2.32. The molecule has 0 aliphatic heterocycles. The molecule has 0 bridgehead atoms. The highest BCUT2D eigenvalue weighted by Crippen LogP contribution is 2.04. The van der Waals surface area contributed by atoms with Crippen molar-refractivity contribution in [3.8, 4) is 0 Å². The molecular formula is C14H23ClN4O2. The molecule has 0 saturated heterocycles. The van der Waals surface area contributed by atoms with Crippen molar-refractivity contribution in [2.75, 3.05) is 19.6 Å². The average molecular weight is 315 g/mol. The lowest BCUT2D eigenvalue weighted by molar-refractivity contribution is 0.0954. The second kappa shape index (κ2) is 10.9. The van der Waals surface area contributed by atoms with Gasteiger partial charge in [0.1, 0.15) is 0 Å². The first-order valence-corrected chi connectivity index (χ1v) is 6.74. The third kappa shape index (κ3) is 8.16. The molecule has 0 heterocycles. The standard InChI is InChI=1S/C14H22N4O2.ClH/c1-2-7-16-8-9-17-13(19)12-5-3-11(4-6-12)10-18-14(15)20;/h3-6,16H,2,7-10H2,1H3,(H,17,19)(H3,15,18,20);1H. The van der Waals surface area contributed by atoms with Gasteiger partial charge in [-0.25, -0.2) is 4.79 Å². The van der Waals surface area contributed by atoms with Gasteiger partial charge in [0.05, 0.1) is 0 Å². The summed E-state index contributed by atoms with van der Waals surface area (Å²) in [7, 11) is 0. The SMILES string of the molecule is CCCNCCNC(=O)c1ccc(CNC(N)=O)cc1.Cl. The van der Waals surface area contributed by atoms with E-state index >= 15 is 0 Å². The van der Waals surface area contributed by atoms with Crippen LogP contribution in [0, 0.1) is 0 Å². The summed E-state index contributed by atoms with van der Waals surface area (Å²) in [6, 6.07) is 6.48. The summed E-state index contributed by atoms with van der Waals surface area (Å²) >= 11 is 0. The van der Waals surface area contributed by atoms with Crippen molar-refractivity contribution in [1.82, 2.24) is 16.0 Å². The Morgan fingerprint density at radius 3 is 2.29 bits per heavy atom. The quantitative estimate of drug-likeness (QED) is 0.539. The van der Waals surface area contributed by atoms with E-state index in [0.29, 0.717) is 18.7 Å². The van der Waals surface area contributed by atoms with Crippen molar-refractivity contribution in [3.63, 3.8) is 0 Å². The van der Waals surface area contributed by atoms with Crippen molar-refractivity contribution < 1.29 is 9.59 Å². The summed E-state index contributed by atoms with van der Waals surface area (Å²) in [4.78, 5) is 22.4. The third-order valence-electron chi connectivity index (χ3n) is 2.70. The highest BCUT2D eigenvalue weighted by molar-refractivity contribution is 5.94. The monoisotopic (exact) mass is 314 g/mol. The molecule has 0 spiro atoms. The number of primary amides is 1. The Morgan fingerprint density at radius 1 is 1.05 bits per heavy atom. The van der Waals surface area contributed by atoms with E-state index in [1.807, 2.05) is 0 Å². The number of amides is 3. The maximum atomic E-state index is 11.8. The van der Waals surface area contributed by atoms with E-state index in [0.717, 1.165) is 25.1 Å². The highest BCUT2D eigenvalue weighted by Gasteiger charge is 2.04. The first kappa shape index (κ1) is 19.2. The second-order valence-corrected chi connectivity index (χ2v) is 4.42. The molecular weight excluding hydrogens is 292 g/mol. The molecule has 0 saturated carbocycles. The first-order chi connectivity index (χ1) is 9.63. The fraction of sp³-hybridized carbons (Fsp3) is 0.429. The van der Waals surface area contributed by atoms with Crippen LogP contribution in [0.3, 0.4) is 0 Å². The molecule has 21 heavy (non-hydrogen) atoms. The van der Waals surface area contributed by atoms with E-state index in [1.165, 1.54) is 0 Å². The topological polar surface area (TPSA) is 96.2 Å². The predicted octanol–water partition coefficient (Wildman–Crippen LogP) is 1.01. The van der Waals surface area contributed by atoms with Gasteiger partial charge in [-0.15, -0.1) is 12.4 Å². The molecule has 3 amide bonds. The molecule has 0 radical (unpaired) electrons. The van der Waals surface area contributed by atoms with Gasteiger partial charge >= 0.3 is 6.03 Å². The van der Waals surface area contributed by atoms with Crippen LogP contribution in [0.4, 0.5) is 4.79 Å². The Hall–Kier alpha value is -1.79. The molecule has 6 nitrogen and oxygen atoms in total. The lowest BCUT2D eigenvalue weighted by Gasteiger charge is -2.07. The van der Waals surface area contributed by atoms with Gasteiger partial charge in [0, 0.05) is 25.2 Å². The predicted molar refractivity (Wildman–Crippen MR) is 85.6 cm³/mol. The van der Waals surface area contributed by atoms with Gasteiger partial charge in [0.15, 0.2) is 0 Å². The van der Waals surface area contributed by atoms with Gasteiger partial charge in [0.2, 0.25) is 0 Å². The Bertz CT molecular complexity index is 437. The normalized spacial score (nSPS) is 9.57. The number of rotatable bonds is 8. The zero-order chi connectivity index (χ0) is 14.8. The summed E-state index contributed by atoms with van der Waals surface area (Å²) < 4.78 is 0. The van der Waals surface area contributed by atoms with E-state index < -0.39 is 6.03 Å². The number of nitrogens with two attached hydrogens (primary N) is 1. The maximum Gasteiger partial charge on any atom is 0.312 e. The van der Waals surface area contributed by atoms with Crippen LogP contribution < -0.4 is 21.7 Å². The van der Waals surface area contributed by atoms with Crippen LogP contribution in [-0.2, 0) is 6.54 Å². The lowest BCUT2D eigenvalue weighted by atomic mass is 10.1. The number of benzene rings is 1. The van der Waals surface area contributed by atoms with E-state index in [2.05, 4.69) is 22.9 Å². The fourth-order valence-electron chi connectivity index (χ4n) is 1.63. The molecule has 0 aliphatic rings. The summed E-state index contributed by atoms with van der Waals surface area (Å²) in [5.41, 5.74) is 6.48. The van der Waals surface area contributed by atoms with E-state index in [-0.39, 0.29) is 18.3 Å². The zero-order valence-electron chi connectivity index (χ0n) is 12.1. The van der Waals surface area contributed by atoms with Gasteiger partial charge in [0.25, 0.3) is 5.91 Å². The van der Waals surface area contributed by atoms with Crippen molar-refractivity contribution in [3.05, 3.63) is 35.4 Å². The van der Waals surface area contributed by atoms with Gasteiger partial charge in [-0.1, -0.05) is 19.1 Å². The van der Waals surface area contributed by atoms with Crippen LogP contribution in [0.5, 0.6) is 0 Å². The second-order valence-electron chi connectivity index (χ2n) is 4.42. The van der Waals surface area contributed by atoms with E-state index in [1.54, 1.807) is 24.3 Å². The molecule has 1 aromatic carbocycles. The minimum atomic E-state index is -0.564. The molecule has 0 aliphatic carbocycles. The van der Waals surface area contributed by atoms with E-state index in [9.17, 15) is 9.59 Å². The van der Waals surface area contributed by atoms with Crippen LogP contribution >= 0.6 is 12.4 Å². The highest BCUT2D eigenvalue weighted by atomic mass is 35.5. The van der Waals surface area contributed by atoms with Gasteiger partial charge in [-0.2, -0.15) is 0 Å². The minimum Gasteiger partial charge on any atom is -0.352 e.